The van der Waals surface area contributed by atoms with Crippen LogP contribution < -0.4 is 0 Å². The summed E-state index contributed by atoms with van der Waals surface area (Å²) in [6.45, 7) is 4.81. The number of likely N-dealkylation sites (N-methyl/N-ethyl adjacent to an activating group) is 1. The lowest BCUT2D eigenvalue weighted by Crippen LogP contribution is -2.52. The highest BCUT2D eigenvalue weighted by Gasteiger charge is 2.38. The molecule has 0 radical (unpaired) electrons. The van der Waals surface area contributed by atoms with E-state index < -0.39 is 6.10 Å². The van der Waals surface area contributed by atoms with Crippen LogP contribution in [0.15, 0.2) is 48.5 Å². The van der Waals surface area contributed by atoms with Gasteiger partial charge in [-0.15, -0.1) is 0 Å². The van der Waals surface area contributed by atoms with Crippen molar-refractivity contribution in [3.63, 3.8) is 0 Å². The lowest BCUT2D eigenvalue weighted by molar-refractivity contribution is 0.0512. The molecule has 0 spiro atoms. The Balaban J connectivity index is 1.42. The van der Waals surface area contributed by atoms with Crippen molar-refractivity contribution in [3.8, 4) is 16.9 Å². The quantitative estimate of drug-likeness (QED) is 0.843. The van der Waals surface area contributed by atoms with Gasteiger partial charge in [0.15, 0.2) is 0 Å². The lowest BCUT2D eigenvalue weighted by Gasteiger charge is -2.37. The monoisotopic (exact) mass is 381 g/mol. The first-order valence-electron chi connectivity index (χ1n) is 9.80. The topological polar surface area (TPSA) is 67.2 Å². The molecule has 6 nitrogen and oxygen atoms in total. The number of phenols is 1. The second-order valence-corrected chi connectivity index (χ2v) is 7.81. The van der Waals surface area contributed by atoms with Crippen LogP contribution >= 0.6 is 0 Å². The van der Waals surface area contributed by atoms with Crippen molar-refractivity contribution < 1.29 is 15.0 Å². The van der Waals surface area contributed by atoms with Crippen molar-refractivity contribution in [1.29, 1.82) is 0 Å². The van der Waals surface area contributed by atoms with Crippen LogP contribution in [0.1, 0.15) is 10.4 Å². The molecule has 0 bridgehead atoms. The van der Waals surface area contributed by atoms with Crippen LogP contribution in [0.2, 0.25) is 0 Å². The highest BCUT2D eigenvalue weighted by molar-refractivity contribution is 5.95. The molecule has 2 atom stereocenters. The van der Waals surface area contributed by atoms with Crippen LogP contribution in [0.25, 0.3) is 11.1 Å². The second kappa shape index (κ2) is 7.91. The average Bonchev–Trinajstić information content (AvgIpc) is 3.10. The maximum atomic E-state index is 12.9. The van der Waals surface area contributed by atoms with E-state index in [1.807, 2.05) is 36.4 Å². The van der Waals surface area contributed by atoms with Crippen LogP contribution in [0.5, 0.6) is 5.75 Å². The molecule has 6 heteroatoms. The molecule has 28 heavy (non-hydrogen) atoms. The van der Waals surface area contributed by atoms with E-state index in [1.165, 1.54) is 0 Å². The number of aromatic hydroxyl groups is 1. The van der Waals surface area contributed by atoms with E-state index in [-0.39, 0.29) is 17.7 Å². The van der Waals surface area contributed by atoms with Gasteiger partial charge in [-0.2, -0.15) is 0 Å². The Labute approximate surface area is 165 Å². The van der Waals surface area contributed by atoms with Gasteiger partial charge in [-0.1, -0.05) is 24.3 Å². The summed E-state index contributed by atoms with van der Waals surface area (Å²) in [5.41, 5.74) is 2.62. The summed E-state index contributed by atoms with van der Waals surface area (Å²) >= 11 is 0. The summed E-state index contributed by atoms with van der Waals surface area (Å²) in [6, 6.07) is 14.5. The number of carbonyl (C=O) groups is 1. The molecule has 2 fully saturated rings. The molecule has 2 saturated heterocycles. The van der Waals surface area contributed by atoms with Gasteiger partial charge in [0, 0.05) is 44.8 Å². The zero-order valence-electron chi connectivity index (χ0n) is 16.2. The van der Waals surface area contributed by atoms with Gasteiger partial charge in [-0.25, -0.2) is 0 Å². The number of aliphatic hydroxyl groups excluding tert-OH is 1. The van der Waals surface area contributed by atoms with Crippen LogP contribution in [-0.2, 0) is 0 Å². The molecular weight excluding hydrogens is 354 g/mol. The first kappa shape index (κ1) is 18.9. The summed E-state index contributed by atoms with van der Waals surface area (Å²) in [6.07, 6.45) is -0.497. The molecule has 2 aromatic carbocycles. The molecule has 0 aliphatic carbocycles. The van der Waals surface area contributed by atoms with E-state index in [4.69, 9.17) is 0 Å². The summed E-state index contributed by atoms with van der Waals surface area (Å²) < 4.78 is 0. The number of benzene rings is 2. The Morgan fingerprint density at radius 3 is 2.07 bits per heavy atom. The maximum Gasteiger partial charge on any atom is 0.253 e. The molecule has 148 valence electrons. The third kappa shape index (κ3) is 3.90. The fourth-order valence-corrected chi connectivity index (χ4v) is 4.09. The molecule has 4 rings (SSSR count). The molecule has 0 aromatic heterocycles. The standard InChI is InChI=1S/C22H27N3O3/c1-23-10-12-24(13-11-23)20-14-25(15-21(20)27)22(28)18-4-2-16(3-5-18)17-6-8-19(26)9-7-17/h2-9,20-21,26-27H,10-15H2,1H3/t20-,21-/m0/s1. The Morgan fingerprint density at radius 2 is 1.46 bits per heavy atom. The SMILES string of the molecule is CN1CCN([C@H]2CN(C(=O)c3ccc(-c4ccc(O)cc4)cc3)C[C@@H]2O)CC1. The van der Waals surface area contributed by atoms with Crippen LogP contribution in [0.4, 0.5) is 0 Å². The largest absolute Gasteiger partial charge is 0.508 e. The summed E-state index contributed by atoms with van der Waals surface area (Å²) in [5, 5.41) is 19.9. The van der Waals surface area contributed by atoms with Crippen molar-refractivity contribution in [1.82, 2.24) is 14.7 Å². The van der Waals surface area contributed by atoms with Gasteiger partial charge in [-0.05, 0) is 42.4 Å². The normalized spacial score (nSPS) is 23.9. The number of nitrogens with zero attached hydrogens (tertiary/aromatic N) is 3. The average molecular weight is 381 g/mol. The molecule has 2 N–H and O–H groups in total. The number of rotatable bonds is 3. The molecular formula is C22H27N3O3. The highest BCUT2D eigenvalue weighted by Crippen LogP contribution is 2.24. The van der Waals surface area contributed by atoms with Crippen molar-refractivity contribution >= 4 is 5.91 Å². The van der Waals surface area contributed by atoms with Gasteiger partial charge < -0.3 is 20.0 Å². The Bertz CT molecular complexity index is 814. The van der Waals surface area contributed by atoms with Gasteiger partial charge in [0.05, 0.1) is 12.1 Å². The van der Waals surface area contributed by atoms with Gasteiger partial charge in [0.2, 0.25) is 0 Å². The van der Waals surface area contributed by atoms with E-state index in [1.54, 1.807) is 17.0 Å². The van der Waals surface area contributed by atoms with E-state index >= 15 is 0 Å². The number of piperazine rings is 1. The van der Waals surface area contributed by atoms with E-state index in [0.717, 1.165) is 37.3 Å². The molecule has 2 heterocycles. The summed E-state index contributed by atoms with van der Waals surface area (Å²) in [5.74, 6) is 0.200. The van der Waals surface area contributed by atoms with Crippen LogP contribution in [0, 0.1) is 0 Å². The summed E-state index contributed by atoms with van der Waals surface area (Å²) in [7, 11) is 2.11. The van der Waals surface area contributed by atoms with Gasteiger partial charge in [0.25, 0.3) is 5.91 Å². The molecule has 2 aliphatic heterocycles. The minimum Gasteiger partial charge on any atom is -0.508 e. The molecule has 0 unspecified atom stereocenters. The summed E-state index contributed by atoms with van der Waals surface area (Å²) in [4.78, 5) is 19.3. The zero-order valence-corrected chi connectivity index (χ0v) is 16.2. The second-order valence-electron chi connectivity index (χ2n) is 7.81. The van der Waals surface area contributed by atoms with Gasteiger partial charge >= 0.3 is 0 Å². The number of phenolic OH excluding ortho intramolecular Hbond substituents is 1. The Morgan fingerprint density at radius 1 is 0.893 bits per heavy atom. The van der Waals surface area contributed by atoms with Crippen LogP contribution in [-0.4, -0.2) is 89.3 Å². The minimum absolute atomic E-state index is 0.0221. The van der Waals surface area contributed by atoms with E-state index in [2.05, 4.69) is 16.8 Å². The zero-order chi connectivity index (χ0) is 19.7. The number of β-amino-alcohol motifs (C(OH)–C–C–N with tert-alkyl or cyclic N) is 1. The fraction of sp³-hybridized carbons (Fsp3) is 0.409. The third-order valence-electron chi connectivity index (χ3n) is 5.89. The molecule has 1 amide bonds. The number of hydrogen-bond acceptors (Lipinski definition) is 5. The predicted octanol–water partition coefficient (Wildman–Crippen LogP) is 1.49. The van der Waals surface area contributed by atoms with Gasteiger partial charge in [0.1, 0.15) is 5.75 Å². The first-order chi connectivity index (χ1) is 13.5. The first-order valence-corrected chi connectivity index (χ1v) is 9.80. The Hall–Kier alpha value is -2.41. The number of amides is 1. The molecule has 0 saturated carbocycles. The third-order valence-corrected chi connectivity index (χ3v) is 5.89. The van der Waals surface area contributed by atoms with Crippen LogP contribution in [0.3, 0.4) is 0 Å². The minimum atomic E-state index is -0.497. The number of carbonyl (C=O) groups excluding carboxylic acids is 1. The van der Waals surface area contributed by atoms with Gasteiger partial charge in [-0.3, -0.25) is 9.69 Å². The van der Waals surface area contributed by atoms with Crippen molar-refractivity contribution in [2.75, 3.05) is 46.3 Å². The Kier molecular flexibility index (Phi) is 5.35. The van der Waals surface area contributed by atoms with E-state index in [0.29, 0.717) is 18.7 Å². The number of aliphatic hydroxyl groups is 1. The lowest BCUT2D eigenvalue weighted by atomic mass is 10.0. The smallest absolute Gasteiger partial charge is 0.253 e. The van der Waals surface area contributed by atoms with E-state index in [9.17, 15) is 15.0 Å². The fourth-order valence-electron chi connectivity index (χ4n) is 4.09. The van der Waals surface area contributed by atoms with Crippen molar-refractivity contribution in [2.45, 2.75) is 12.1 Å². The number of likely N-dealkylation sites (tertiary alicyclic amines) is 1. The van der Waals surface area contributed by atoms with Crippen molar-refractivity contribution in [3.05, 3.63) is 54.1 Å². The number of hydrogen-bond donors (Lipinski definition) is 2. The predicted molar refractivity (Wildman–Crippen MR) is 108 cm³/mol. The molecule has 2 aromatic rings. The highest BCUT2D eigenvalue weighted by atomic mass is 16.3. The molecule has 2 aliphatic rings. The maximum absolute atomic E-state index is 12.9. The van der Waals surface area contributed by atoms with Crippen molar-refractivity contribution in [2.24, 2.45) is 0 Å².